The molecule has 39 heavy (non-hydrogen) atoms. The standard InChI is InChI=1S/C22H22F7N7O3/c1-20(2-3-20)33-19(37)39-15-5-10(4-13(15)23)14-6-16(35-34-14)32-18-30-7-12(21(24,25)26)17-31-11(8-36(17)18)9-38-22(27,28)29/h6-8,10,13,15H,2-5,9H2,1H3,(H,33,37)(H2,30,32,34,35)/t10-,13+,15-/m0/s1. The molecule has 3 N–H and O–H groups in total. The van der Waals surface area contributed by atoms with Crippen molar-refractivity contribution in [1.29, 1.82) is 0 Å². The first-order valence-electron chi connectivity index (χ1n) is 11.8. The highest BCUT2D eigenvalue weighted by molar-refractivity contribution is 5.69. The number of carbonyl (C=O) groups is 1. The van der Waals surface area contributed by atoms with Gasteiger partial charge in [-0.25, -0.2) is 19.2 Å². The second-order valence-corrected chi connectivity index (χ2v) is 9.80. The number of nitrogens with zero attached hydrogens (tertiary/aromatic N) is 4. The minimum Gasteiger partial charge on any atom is -0.443 e. The van der Waals surface area contributed by atoms with E-state index in [1.54, 1.807) is 0 Å². The van der Waals surface area contributed by atoms with E-state index in [4.69, 9.17) is 4.74 Å². The van der Waals surface area contributed by atoms with Crippen molar-refractivity contribution in [2.24, 2.45) is 0 Å². The highest BCUT2D eigenvalue weighted by Crippen LogP contribution is 2.39. The average Bonchev–Trinajstić information content (AvgIpc) is 3.20. The number of ether oxygens (including phenoxy) is 2. The monoisotopic (exact) mass is 565 g/mol. The Bertz CT molecular complexity index is 1370. The van der Waals surface area contributed by atoms with Gasteiger partial charge in [0, 0.05) is 35.6 Å². The molecule has 3 atom stereocenters. The lowest BCUT2D eigenvalue weighted by Crippen LogP contribution is -2.38. The number of aromatic amines is 1. The second-order valence-electron chi connectivity index (χ2n) is 9.80. The molecule has 0 spiro atoms. The molecule has 5 rings (SSSR count). The maximum absolute atomic E-state index is 14.6. The van der Waals surface area contributed by atoms with Gasteiger partial charge in [-0.1, -0.05) is 0 Å². The summed E-state index contributed by atoms with van der Waals surface area (Å²) in [5.41, 5.74) is -2.20. The first-order valence-corrected chi connectivity index (χ1v) is 11.8. The molecule has 0 saturated heterocycles. The van der Waals surface area contributed by atoms with Gasteiger partial charge >= 0.3 is 18.6 Å². The van der Waals surface area contributed by atoms with Crippen LogP contribution in [0.5, 0.6) is 0 Å². The van der Waals surface area contributed by atoms with Crippen molar-refractivity contribution in [3.8, 4) is 0 Å². The first-order chi connectivity index (χ1) is 18.2. The van der Waals surface area contributed by atoms with Crippen molar-refractivity contribution in [1.82, 2.24) is 29.9 Å². The quantitative estimate of drug-likeness (QED) is 0.341. The van der Waals surface area contributed by atoms with Crippen molar-refractivity contribution in [2.75, 3.05) is 5.32 Å². The third-order valence-electron chi connectivity index (χ3n) is 6.60. The molecule has 2 saturated carbocycles. The van der Waals surface area contributed by atoms with Crippen LogP contribution in [0.1, 0.15) is 55.5 Å². The fourth-order valence-corrected chi connectivity index (χ4v) is 4.32. The molecule has 10 nitrogen and oxygen atoms in total. The van der Waals surface area contributed by atoms with Gasteiger partial charge in [0.2, 0.25) is 5.95 Å². The van der Waals surface area contributed by atoms with Crippen molar-refractivity contribution < 1.29 is 45.0 Å². The number of carbonyl (C=O) groups excluding carboxylic acids is 1. The van der Waals surface area contributed by atoms with Gasteiger partial charge in [0.05, 0.1) is 12.3 Å². The number of alkyl halides is 7. The number of rotatable bonds is 7. The number of hydrogen-bond donors (Lipinski definition) is 3. The SMILES string of the molecule is CC1(NC(=O)O[C@H]2C[C@@H](c3cc(Nc4ncc(C(F)(F)F)c5nc(COC(F)(F)F)cn45)n[nH]3)C[C@H]2F)CC1. The van der Waals surface area contributed by atoms with E-state index < -0.39 is 60.3 Å². The molecule has 2 aliphatic carbocycles. The summed E-state index contributed by atoms with van der Waals surface area (Å²) in [6, 6.07) is 1.49. The maximum atomic E-state index is 14.6. The van der Waals surface area contributed by atoms with Crippen LogP contribution >= 0.6 is 0 Å². The van der Waals surface area contributed by atoms with Gasteiger partial charge in [-0.2, -0.15) is 18.3 Å². The molecule has 0 aliphatic heterocycles. The molecule has 0 aromatic carbocycles. The van der Waals surface area contributed by atoms with E-state index >= 15 is 0 Å². The number of alkyl carbamates (subject to hydrolysis) is 1. The largest absolute Gasteiger partial charge is 0.522 e. The third-order valence-corrected chi connectivity index (χ3v) is 6.60. The molecule has 0 unspecified atom stereocenters. The number of fused-ring (bicyclic) bond motifs is 1. The number of anilines is 2. The van der Waals surface area contributed by atoms with Gasteiger partial charge in [-0.15, -0.1) is 13.2 Å². The lowest BCUT2D eigenvalue weighted by atomic mass is 10.0. The van der Waals surface area contributed by atoms with E-state index in [-0.39, 0.29) is 30.1 Å². The third kappa shape index (κ3) is 6.17. The lowest BCUT2D eigenvalue weighted by molar-refractivity contribution is -0.330. The number of hydrogen-bond acceptors (Lipinski definition) is 7. The van der Waals surface area contributed by atoms with Gasteiger partial charge in [0.25, 0.3) is 0 Å². The second kappa shape index (κ2) is 9.53. The summed E-state index contributed by atoms with van der Waals surface area (Å²) < 4.78 is 102. The van der Waals surface area contributed by atoms with E-state index in [2.05, 4.69) is 35.5 Å². The number of aromatic nitrogens is 5. The summed E-state index contributed by atoms with van der Waals surface area (Å²) in [4.78, 5) is 19.4. The highest BCUT2D eigenvalue weighted by Gasteiger charge is 2.43. The number of H-pyrrole nitrogens is 1. The molecule has 2 aliphatic rings. The molecule has 17 heteroatoms. The predicted molar refractivity (Wildman–Crippen MR) is 119 cm³/mol. The minimum atomic E-state index is -5.00. The Morgan fingerprint density at radius 2 is 1.97 bits per heavy atom. The molecule has 3 aromatic rings. The highest BCUT2D eigenvalue weighted by atomic mass is 19.4. The van der Waals surface area contributed by atoms with E-state index in [9.17, 15) is 35.5 Å². The summed E-state index contributed by atoms with van der Waals surface area (Å²) in [5.74, 6) is -0.514. The van der Waals surface area contributed by atoms with Crippen LogP contribution in [0.4, 0.5) is 47.3 Å². The number of halogens is 7. The topological polar surface area (TPSA) is 118 Å². The van der Waals surface area contributed by atoms with Crippen LogP contribution in [0, 0.1) is 0 Å². The maximum Gasteiger partial charge on any atom is 0.522 e. The Kier molecular flexibility index (Phi) is 6.59. The van der Waals surface area contributed by atoms with Gasteiger partial charge in [0.1, 0.15) is 17.8 Å². The molecule has 3 heterocycles. The van der Waals surface area contributed by atoms with Crippen molar-refractivity contribution >= 4 is 23.5 Å². The van der Waals surface area contributed by atoms with E-state index in [1.807, 2.05) is 6.92 Å². The molecular formula is C22H22F7N7O3. The average molecular weight is 565 g/mol. The van der Waals surface area contributed by atoms with E-state index in [0.29, 0.717) is 11.9 Å². The van der Waals surface area contributed by atoms with Gasteiger partial charge < -0.3 is 15.4 Å². The zero-order valence-electron chi connectivity index (χ0n) is 20.2. The Labute approximate surface area is 215 Å². The summed E-state index contributed by atoms with van der Waals surface area (Å²) in [7, 11) is 0. The molecule has 3 aromatic heterocycles. The van der Waals surface area contributed by atoms with Crippen LogP contribution < -0.4 is 10.6 Å². The van der Waals surface area contributed by atoms with E-state index in [0.717, 1.165) is 23.4 Å². The van der Waals surface area contributed by atoms with Crippen LogP contribution in [-0.2, 0) is 22.3 Å². The predicted octanol–water partition coefficient (Wildman–Crippen LogP) is 5.11. The summed E-state index contributed by atoms with van der Waals surface area (Å²) >= 11 is 0. The lowest BCUT2D eigenvalue weighted by Gasteiger charge is -2.17. The Hall–Kier alpha value is -3.63. The normalized spacial score (nSPS) is 22.7. The summed E-state index contributed by atoms with van der Waals surface area (Å²) in [6.07, 6.45) is -9.65. The molecule has 0 radical (unpaired) electrons. The Morgan fingerprint density at radius 1 is 1.23 bits per heavy atom. The van der Waals surface area contributed by atoms with Gasteiger partial charge in [-0.05, 0) is 32.6 Å². The van der Waals surface area contributed by atoms with Gasteiger partial charge in [0.15, 0.2) is 11.5 Å². The van der Waals surface area contributed by atoms with Crippen LogP contribution in [0.15, 0.2) is 18.5 Å². The molecule has 212 valence electrons. The van der Waals surface area contributed by atoms with Gasteiger partial charge in [-0.3, -0.25) is 14.2 Å². The Balaban J connectivity index is 1.31. The van der Waals surface area contributed by atoms with E-state index in [1.165, 1.54) is 6.07 Å². The minimum absolute atomic E-state index is 0.0453. The van der Waals surface area contributed by atoms with Crippen LogP contribution in [0.3, 0.4) is 0 Å². The zero-order valence-corrected chi connectivity index (χ0v) is 20.2. The van der Waals surface area contributed by atoms with Crippen LogP contribution in [-0.4, -0.2) is 54.8 Å². The van der Waals surface area contributed by atoms with Crippen molar-refractivity contribution in [3.05, 3.63) is 35.4 Å². The Morgan fingerprint density at radius 3 is 2.64 bits per heavy atom. The molecule has 1 amide bonds. The molecular weight excluding hydrogens is 543 g/mol. The first kappa shape index (κ1) is 27.0. The van der Waals surface area contributed by atoms with Crippen molar-refractivity contribution in [3.63, 3.8) is 0 Å². The summed E-state index contributed by atoms with van der Waals surface area (Å²) in [6.45, 7) is 0.749. The number of imidazole rings is 1. The molecule has 0 bridgehead atoms. The van der Waals surface area contributed by atoms with Crippen molar-refractivity contribution in [2.45, 2.75) is 75.5 Å². The van der Waals surface area contributed by atoms with Crippen LogP contribution in [0.25, 0.3) is 5.65 Å². The zero-order chi connectivity index (χ0) is 28.2. The fraction of sp³-hybridized carbons (Fsp3) is 0.545. The number of amides is 1. The summed E-state index contributed by atoms with van der Waals surface area (Å²) in [5, 5.41) is 12.1. The smallest absolute Gasteiger partial charge is 0.443 e. The fourth-order valence-electron chi connectivity index (χ4n) is 4.32. The van der Waals surface area contributed by atoms with Crippen LogP contribution in [0.2, 0.25) is 0 Å². The molecule has 2 fully saturated rings. The number of nitrogens with one attached hydrogen (secondary N) is 3.